The molecule has 0 radical (unpaired) electrons. The molecule has 1 rings (SSSR count). The highest BCUT2D eigenvalue weighted by Gasteiger charge is 2.24. The summed E-state index contributed by atoms with van der Waals surface area (Å²) in [4.78, 5) is 45.8. The van der Waals surface area contributed by atoms with Crippen molar-refractivity contribution >= 4 is 23.8 Å². The molecule has 0 aromatic rings. The lowest BCUT2D eigenvalue weighted by molar-refractivity contribution is -0.138. The minimum Gasteiger partial charge on any atom is -0.481 e. The first-order valence-corrected chi connectivity index (χ1v) is 6.46. The van der Waals surface area contributed by atoms with E-state index < -0.39 is 17.9 Å². The van der Waals surface area contributed by atoms with Gasteiger partial charge in [-0.15, -0.1) is 0 Å². The molecule has 0 unspecified atom stereocenters. The molecule has 1 aliphatic heterocycles. The molecule has 0 saturated carbocycles. The maximum absolute atomic E-state index is 11.7. The zero-order valence-corrected chi connectivity index (χ0v) is 11.3. The zero-order chi connectivity index (χ0) is 15.1. The van der Waals surface area contributed by atoms with Crippen molar-refractivity contribution in [3.63, 3.8) is 0 Å². The summed E-state index contributed by atoms with van der Waals surface area (Å²) in [6.45, 7) is 2.34. The Hall–Kier alpha value is -2.12. The van der Waals surface area contributed by atoms with Gasteiger partial charge < -0.3 is 15.3 Å². The number of nitrogens with one attached hydrogen (secondary N) is 2. The summed E-state index contributed by atoms with van der Waals surface area (Å²) in [6.07, 6.45) is 0.750. The number of carboxylic acid groups (broad SMARTS) is 1. The Labute approximate surface area is 116 Å². The molecular weight excluding hydrogens is 266 g/mol. The summed E-state index contributed by atoms with van der Waals surface area (Å²) < 4.78 is 0. The Balaban J connectivity index is 2.30. The lowest BCUT2D eigenvalue weighted by Crippen LogP contribution is -2.50. The number of urea groups is 1. The van der Waals surface area contributed by atoms with Crippen molar-refractivity contribution in [1.29, 1.82) is 0 Å². The van der Waals surface area contributed by atoms with Crippen LogP contribution < -0.4 is 10.6 Å². The highest BCUT2D eigenvalue weighted by atomic mass is 16.4. The summed E-state index contributed by atoms with van der Waals surface area (Å²) in [5.41, 5.74) is 0. The Morgan fingerprint density at radius 3 is 2.25 bits per heavy atom. The van der Waals surface area contributed by atoms with Crippen molar-refractivity contribution in [1.82, 2.24) is 15.5 Å². The summed E-state index contributed by atoms with van der Waals surface area (Å²) in [5, 5.41) is 13.4. The van der Waals surface area contributed by atoms with E-state index >= 15 is 0 Å². The fraction of sp³-hybridized carbons (Fsp3) is 0.667. The van der Waals surface area contributed by atoms with Crippen LogP contribution in [-0.4, -0.2) is 53.0 Å². The molecule has 1 aliphatic rings. The van der Waals surface area contributed by atoms with Crippen LogP contribution in [0.25, 0.3) is 0 Å². The second-order valence-electron chi connectivity index (χ2n) is 4.71. The van der Waals surface area contributed by atoms with Crippen molar-refractivity contribution in [2.24, 2.45) is 0 Å². The van der Waals surface area contributed by atoms with Crippen molar-refractivity contribution in [2.45, 2.75) is 38.6 Å². The molecular formula is C12H19N3O5. The molecule has 8 heteroatoms. The molecule has 0 spiro atoms. The molecule has 1 saturated heterocycles. The Morgan fingerprint density at radius 1 is 1.15 bits per heavy atom. The fourth-order valence-electron chi connectivity index (χ4n) is 2.00. The van der Waals surface area contributed by atoms with Crippen LogP contribution in [0.5, 0.6) is 0 Å². The van der Waals surface area contributed by atoms with E-state index in [1.54, 1.807) is 0 Å². The summed E-state index contributed by atoms with van der Waals surface area (Å²) >= 11 is 0. The van der Waals surface area contributed by atoms with E-state index in [4.69, 9.17) is 5.11 Å². The molecule has 3 N–H and O–H groups in total. The number of rotatable bonds is 4. The number of aliphatic carboxylic acids is 1. The van der Waals surface area contributed by atoms with Gasteiger partial charge in [-0.05, 0) is 12.8 Å². The van der Waals surface area contributed by atoms with E-state index in [1.165, 1.54) is 11.8 Å². The first-order chi connectivity index (χ1) is 9.38. The summed E-state index contributed by atoms with van der Waals surface area (Å²) in [5.74, 6) is -1.78. The van der Waals surface area contributed by atoms with Crippen LogP contribution >= 0.6 is 0 Å². The van der Waals surface area contributed by atoms with Gasteiger partial charge in [0.1, 0.15) is 0 Å². The van der Waals surface area contributed by atoms with Crippen LogP contribution in [0.4, 0.5) is 4.79 Å². The minimum atomic E-state index is -1.08. The maximum Gasteiger partial charge on any atom is 0.324 e. The second-order valence-corrected chi connectivity index (χ2v) is 4.71. The molecule has 20 heavy (non-hydrogen) atoms. The molecule has 4 amide bonds. The van der Waals surface area contributed by atoms with E-state index in [1.807, 2.05) is 0 Å². The number of carbonyl (C=O) groups excluding carboxylic acids is 3. The largest absolute Gasteiger partial charge is 0.481 e. The molecule has 0 bridgehead atoms. The number of carboxylic acids is 1. The number of amides is 4. The number of hydrogen-bond acceptors (Lipinski definition) is 4. The van der Waals surface area contributed by atoms with Gasteiger partial charge >= 0.3 is 12.0 Å². The lowest BCUT2D eigenvalue weighted by atomic mass is 10.1. The van der Waals surface area contributed by atoms with Gasteiger partial charge in [0.25, 0.3) is 0 Å². The third-order valence-electron chi connectivity index (χ3n) is 3.00. The van der Waals surface area contributed by atoms with E-state index in [2.05, 4.69) is 10.6 Å². The molecule has 0 aliphatic carbocycles. The zero-order valence-electron chi connectivity index (χ0n) is 11.3. The van der Waals surface area contributed by atoms with E-state index in [-0.39, 0.29) is 24.8 Å². The Kier molecular flexibility index (Phi) is 5.95. The van der Waals surface area contributed by atoms with Gasteiger partial charge in [-0.25, -0.2) is 4.79 Å². The maximum atomic E-state index is 11.7. The first kappa shape index (κ1) is 15.9. The van der Waals surface area contributed by atoms with Crippen LogP contribution in [-0.2, 0) is 14.4 Å². The third-order valence-corrected chi connectivity index (χ3v) is 3.00. The standard InChI is InChI=1S/C12H19N3O5/c1-8(16)13-9-4-6-15(7-5-9)12(20)14-10(17)2-3-11(18)19/h9H,2-7H2,1H3,(H,13,16)(H,18,19)(H,14,17,20). The van der Waals surface area contributed by atoms with E-state index in [9.17, 15) is 19.2 Å². The summed E-state index contributed by atoms with van der Waals surface area (Å²) in [6, 6.07) is -0.457. The molecule has 0 atom stereocenters. The minimum absolute atomic E-state index is 0.0549. The van der Waals surface area contributed by atoms with E-state index in [0.717, 1.165) is 0 Å². The average Bonchev–Trinajstić information content (AvgIpc) is 2.36. The van der Waals surface area contributed by atoms with Crippen LogP contribution in [0.2, 0.25) is 0 Å². The Morgan fingerprint density at radius 2 is 1.75 bits per heavy atom. The molecule has 1 heterocycles. The van der Waals surface area contributed by atoms with Crippen LogP contribution in [0.3, 0.4) is 0 Å². The van der Waals surface area contributed by atoms with Gasteiger partial charge in [-0.2, -0.15) is 0 Å². The van der Waals surface area contributed by atoms with Crippen LogP contribution in [0.15, 0.2) is 0 Å². The molecule has 8 nitrogen and oxygen atoms in total. The van der Waals surface area contributed by atoms with Gasteiger partial charge in [0.15, 0.2) is 0 Å². The van der Waals surface area contributed by atoms with Gasteiger partial charge in [0.05, 0.1) is 6.42 Å². The monoisotopic (exact) mass is 285 g/mol. The Bertz CT molecular complexity index is 402. The van der Waals surface area contributed by atoms with Crippen molar-refractivity contribution in [3.8, 4) is 0 Å². The first-order valence-electron chi connectivity index (χ1n) is 6.46. The van der Waals surface area contributed by atoms with Crippen molar-refractivity contribution < 1.29 is 24.3 Å². The SMILES string of the molecule is CC(=O)NC1CCN(C(=O)NC(=O)CCC(=O)O)CC1. The third kappa shape index (κ3) is 5.68. The number of carbonyl (C=O) groups is 4. The number of piperidine rings is 1. The highest BCUT2D eigenvalue weighted by Crippen LogP contribution is 2.10. The second kappa shape index (κ2) is 7.46. The fourth-order valence-corrected chi connectivity index (χ4v) is 2.00. The van der Waals surface area contributed by atoms with Gasteiger partial charge in [-0.1, -0.05) is 0 Å². The predicted molar refractivity (Wildman–Crippen MR) is 68.8 cm³/mol. The predicted octanol–water partition coefficient (Wildman–Crippen LogP) is -0.312. The molecule has 112 valence electrons. The molecule has 0 aromatic heterocycles. The lowest BCUT2D eigenvalue weighted by Gasteiger charge is -2.31. The van der Waals surface area contributed by atoms with Gasteiger partial charge in [0.2, 0.25) is 11.8 Å². The van der Waals surface area contributed by atoms with Crippen molar-refractivity contribution in [3.05, 3.63) is 0 Å². The topological polar surface area (TPSA) is 116 Å². The van der Waals surface area contributed by atoms with E-state index in [0.29, 0.717) is 25.9 Å². The van der Waals surface area contributed by atoms with Crippen molar-refractivity contribution in [2.75, 3.05) is 13.1 Å². The van der Waals surface area contributed by atoms with Crippen LogP contribution in [0, 0.1) is 0 Å². The van der Waals surface area contributed by atoms with Crippen LogP contribution in [0.1, 0.15) is 32.6 Å². The average molecular weight is 285 g/mol. The highest BCUT2D eigenvalue weighted by molar-refractivity contribution is 5.95. The number of hydrogen-bond donors (Lipinski definition) is 3. The van der Waals surface area contributed by atoms with Gasteiger partial charge in [0, 0.05) is 32.5 Å². The molecule has 0 aromatic carbocycles. The summed E-state index contributed by atoms with van der Waals surface area (Å²) in [7, 11) is 0. The number of imide groups is 1. The number of nitrogens with zero attached hydrogens (tertiary/aromatic N) is 1. The quantitative estimate of drug-likeness (QED) is 0.655. The van der Waals surface area contributed by atoms with Gasteiger partial charge in [-0.3, -0.25) is 19.7 Å². The number of likely N-dealkylation sites (tertiary alicyclic amines) is 1. The molecule has 1 fully saturated rings. The smallest absolute Gasteiger partial charge is 0.324 e. The normalized spacial score (nSPS) is 15.6.